The number of ether oxygens (including phenoxy) is 1. The summed E-state index contributed by atoms with van der Waals surface area (Å²) in [6, 6.07) is 0.508. The van der Waals surface area contributed by atoms with E-state index in [9.17, 15) is 0 Å². The average molecular weight is 279 g/mol. The SMILES string of the molecule is CCOC1CC(Nc2cnn(CCO)c2)C12CCCC2. The van der Waals surface area contributed by atoms with E-state index in [0.29, 0.717) is 24.1 Å². The standard InChI is InChI=1S/C15H25N3O2/c1-2-20-14-9-13(15(14)5-3-4-6-15)17-12-10-16-18(11-12)7-8-19/h10-11,13-14,17,19H,2-9H2,1H3. The first kappa shape index (κ1) is 13.9. The molecule has 5 heteroatoms. The van der Waals surface area contributed by atoms with Crippen molar-refractivity contribution < 1.29 is 9.84 Å². The molecule has 1 heterocycles. The van der Waals surface area contributed by atoms with Gasteiger partial charge in [-0.25, -0.2) is 0 Å². The summed E-state index contributed by atoms with van der Waals surface area (Å²) < 4.78 is 7.71. The fourth-order valence-electron chi connectivity index (χ4n) is 3.95. The lowest BCUT2D eigenvalue weighted by Gasteiger charge is -2.54. The van der Waals surface area contributed by atoms with Gasteiger partial charge in [0.15, 0.2) is 0 Å². The molecule has 2 N–H and O–H groups in total. The van der Waals surface area contributed by atoms with Gasteiger partial charge in [-0.05, 0) is 26.2 Å². The van der Waals surface area contributed by atoms with E-state index in [-0.39, 0.29) is 6.61 Å². The Morgan fingerprint density at radius 2 is 2.30 bits per heavy atom. The molecule has 2 aliphatic carbocycles. The number of nitrogens with zero attached hydrogens (tertiary/aromatic N) is 2. The highest BCUT2D eigenvalue weighted by Gasteiger charge is 2.56. The molecular formula is C15H25N3O2. The van der Waals surface area contributed by atoms with E-state index in [0.717, 1.165) is 18.7 Å². The van der Waals surface area contributed by atoms with Gasteiger partial charge in [0.05, 0.1) is 31.1 Å². The van der Waals surface area contributed by atoms with E-state index in [1.165, 1.54) is 25.7 Å². The van der Waals surface area contributed by atoms with Gasteiger partial charge >= 0.3 is 0 Å². The molecule has 20 heavy (non-hydrogen) atoms. The second kappa shape index (κ2) is 5.74. The molecule has 2 atom stereocenters. The third-order valence-electron chi connectivity index (χ3n) is 4.99. The lowest BCUT2D eigenvalue weighted by Crippen LogP contribution is -2.60. The Morgan fingerprint density at radius 3 is 3.00 bits per heavy atom. The van der Waals surface area contributed by atoms with Gasteiger partial charge in [-0.3, -0.25) is 4.68 Å². The second-order valence-electron chi connectivity index (χ2n) is 6.03. The zero-order valence-corrected chi connectivity index (χ0v) is 12.2. The van der Waals surface area contributed by atoms with Crippen molar-refractivity contribution in [3.05, 3.63) is 12.4 Å². The van der Waals surface area contributed by atoms with E-state index >= 15 is 0 Å². The Hall–Kier alpha value is -1.07. The minimum Gasteiger partial charge on any atom is -0.394 e. The molecule has 0 saturated heterocycles. The van der Waals surface area contributed by atoms with Crippen LogP contribution in [0.25, 0.3) is 0 Å². The third-order valence-corrected chi connectivity index (χ3v) is 4.99. The molecule has 0 amide bonds. The molecule has 2 aliphatic rings. The first-order valence-corrected chi connectivity index (χ1v) is 7.80. The zero-order chi connectivity index (χ0) is 14.0. The summed E-state index contributed by atoms with van der Waals surface area (Å²) in [7, 11) is 0. The number of aliphatic hydroxyl groups is 1. The smallest absolute Gasteiger partial charge is 0.0728 e. The Morgan fingerprint density at radius 1 is 1.50 bits per heavy atom. The largest absolute Gasteiger partial charge is 0.394 e. The lowest BCUT2D eigenvalue weighted by molar-refractivity contribution is -0.114. The lowest BCUT2D eigenvalue weighted by atomic mass is 9.60. The van der Waals surface area contributed by atoms with Crippen molar-refractivity contribution >= 4 is 5.69 Å². The molecule has 1 spiro atoms. The van der Waals surface area contributed by atoms with E-state index in [2.05, 4.69) is 17.3 Å². The summed E-state index contributed by atoms with van der Waals surface area (Å²) in [6.07, 6.45) is 10.6. The van der Waals surface area contributed by atoms with Crippen molar-refractivity contribution in [1.29, 1.82) is 0 Å². The van der Waals surface area contributed by atoms with E-state index in [1.54, 1.807) is 4.68 Å². The first-order chi connectivity index (χ1) is 9.78. The summed E-state index contributed by atoms with van der Waals surface area (Å²) >= 11 is 0. The van der Waals surface area contributed by atoms with Crippen LogP contribution in [0.3, 0.4) is 0 Å². The van der Waals surface area contributed by atoms with Crippen LogP contribution in [0.4, 0.5) is 5.69 Å². The van der Waals surface area contributed by atoms with Gasteiger partial charge in [0.1, 0.15) is 0 Å². The molecule has 112 valence electrons. The van der Waals surface area contributed by atoms with E-state index in [1.807, 2.05) is 12.4 Å². The van der Waals surface area contributed by atoms with Gasteiger partial charge in [-0.15, -0.1) is 0 Å². The van der Waals surface area contributed by atoms with Crippen LogP contribution in [-0.2, 0) is 11.3 Å². The van der Waals surface area contributed by atoms with Crippen molar-refractivity contribution in [3.8, 4) is 0 Å². The molecule has 5 nitrogen and oxygen atoms in total. The number of hydrogen-bond acceptors (Lipinski definition) is 4. The molecule has 0 aliphatic heterocycles. The molecule has 3 rings (SSSR count). The molecule has 1 aromatic rings. The van der Waals surface area contributed by atoms with Gasteiger partial charge in [-0.1, -0.05) is 12.8 Å². The number of aliphatic hydroxyl groups excluding tert-OH is 1. The maximum atomic E-state index is 8.93. The van der Waals surface area contributed by atoms with Gasteiger partial charge in [-0.2, -0.15) is 5.10 Å². The normalized spacial score (nSPS) is 27.7. The topological polar surface area (TPSA) is 59.3 Å². The van der Waals surface area contributed by atoms with Crippen molar-refractivity contribution in [2.24, 2.45) is 5.41 Å². The zero-order valence-electron chi connectivity index (χ0n) is 12.2. The minimum absolute atomic E-state index is 0.126. The van der Waals surface area contributed by atoms with Crippen molar-refractivity contribution in [3.63, 3.8) is 0 Å². The molecule has 0 bridgehead atoms. The molecule has 1 aromatic heterocycles. The molecule has 2 fully saturated rings. The van der Waals surface area contributed by atoms with Crippen LogP contribution in [0.1, 0.15) is 39.0 Å². The van der Waals surface area contributed by atoms with Crippen LogP contribution in [0.5, 0.6) is 0 Å². The fraction of sp³-hybridized carbons (Fsp3) is 0.800. The number of rotatable bonds is 6. The predicted molar refractivity (Wildman–Crippen MR) is 77.7 cm³/mol. The summed E-state index contributed by atoms with van der Waals surface area (Å²) in [5, 5.41) is 16.8. The Kier molecular flexibility index (Phi) is 3.98. The van der Waals surface area contributed by atoms with Crippen LogP contribution in [0.2, 0.25) is 0 Å². The third kappa shape index (κ3) is 2.33. The van der Waals surface area contributed by atoms with Gasteiger partial charge in [0, 0.05) is 24.3 Å². The average Bonchev–Trinajstić information content (AvgIpc) is 3.08. The maximum absolute atomic E-state index is 8.93. The Labute approximate surface area is 120 Å². The summed E-state index contributed by atoms with van der Waals surface area (Å²) in [5.41, 5.74) is 1.40. The van der Waals surface area contributed by atoms with E-state index in [4.69, 9.17) is 9.84 Å². The minimum atomic E-state index is 0.126. The quantitative estimate of drug-likeness (QED) is 0.836. The number of hydrogen-bond donors (Lipinski definition) is 2. The van der Waals surface area contributed by atoms with Gasteiger partial charge < -0.3 is 15.2 Å². The van der Waals surface area contributed by atoms with Gasteiger partial charge in [0.25, 0.3) is 0 Å². The van der Waals surface area contributed by atoms with E-state index < -0.39 is 0 Å². The van der Waals surface area contributed by atoms with Crippen LogP contribution < -0.4 is 5.32 Å². The molecule has 0 radical (unpaired) electrons. The maximum Gasteiger partial charge on any atom is 0.0728 e. The van der Waals surface area contributed by atoms with Crippen molar-refractivity contribution in [2.45, 2.75) is 57.7 Å². The molecule has 0 aromatic carbocycles. The Balaban J connectivity index is 1.65. The van der Waals surface area contributed by atoms with Crippen LogP contribution in [0.15, 0.2) is 12.4 Å². The summed E-state index contributed by atoms with van der Waals surface area (Å²) in [5.74, 6) is 0. The molecule has 2 unspecified atom stereocenters. The summed E-state index contributed by atoms with van der Waals surface area (Å²) in [4.78, 5) is 0. The van der Waals surface area contributed by atoms with Crippen LogP contribution in [0, 0.1) is 5.41 Å². The van der Waals surface area contributed by atoms with Crippen LogP contribution in [-0.4, -0.2) is 40.2 Å². The van der Waals surface area contributed by atoms with Gasteiger partial charge in [0.2, 0.25) is 0 Å². The number of anilines is 1. The number of aromatic nitrogens is 2. The highest BCUT2D eigenvalue weighted by atomic mass is 16.5. The highest BCUT2D eigenvalue weighted by molar-refractivity contribution is 5.41. The monoisotopic (exact) mass is 279 g/mol. The Bertz CT molecular complexity index is 440. The molecular weight excluding hydrogens is 254 g/mol. The van der Waals surface area contributed by atoms with Crippen LogP contribution >= 0.6 is 0 Å². The first-order valence-electron chi connectivity index (χ1n) is 7.80. The fourth-order valence-corrected chi connectivity index (χ4v) is 3.95. The number of nitrogens with one attached hydrogen (secondary N) is 1. The van der Waals surface area contributed by atoms with Crippen molar-refractivity contribution in [2.75, 3.05) is 18.5 Å². The highest BCUT2D eigenvalue weighted by Crippen LogP contribution is 2.55. The van der Waals surface area contributed by atoms with Crippen molar-refractivity contribution in [1.82, 2.24) is 9.78 Å². The second-order valence-corrected chi connectivity index (χ2v) is 6.03. The summed E-state index contributed by atoms with van der Waals surface area (Å²) in [6.45, 7) is 3.58. The molecule has 2 saturated carbocycles. The predicted octanol–water partition coefficient (Wildman–Crippen LogP) is 2.03.